The van der Waals surface area contributed by atoms with E-state index >= 15 is 0 Å². The molecular weight excluding hydrogens is 330 g/mol. The van der Waals surface area contributed by atoms with Gasteiger partial charge in [-0.15, -0.1) is 0 Å². The van der Waals surface area contributed by atoms with Crippen molar-refractivity contribution in [1.82, 2.24) is 25.5 Å². The molecule has 1 atom stereocenters. The molecule has 7 nitrogen and oxygen atoms in total. The van der Waals surface area contributed by atoms with Gasteiger partial charge in [-0.3, -0.25) is 19.7 Å². The molecule has 26 heavy (non-hydrogen) atoms. The van der Waals surface area contributed by atoms with Crippen molar-refractivity contribution < 1.29 is 4.79 Å². The molecule has 1 unspecified atom stereocenters. The molecule has 4 rings (SSSR count). The molecule has 1 aliphatic carbocycles. The molecule has 7 heteroatoms. The molecule has 3 N–H and O–H groups in total. The molecule has 0 saturated carbocycles. The molecule has 3 heterocycles. The molecule has 0 bridgehead atoms. The van der Waals surface area contributed by atoms with Crippen molar-refractivity contribution in [2.75, 3.05) is 0 Å². The topological polar surface area (TPSA) is 104 Å². The van der Waals surface area contributed by atoms with Gasteiger partial charge in [0.1, 0.15) is 5.56 Å². The molecule has 0 saturated heterocycles. The van der Waals surface area contributed by atoms with Gasteiger partial charge in [-0.05, 0) is 49.6 Å². The van der Waals surface area contributed by atoms with E-state index in [1.165, 1.54) is 5.56 Å². The van der Waals surface area contributed by atoms with Gasteiger partial charge in [-0.2, -0.15) is 5.10 Å². The van der Waals surface area contributed by atoms with Crippen molar-refractivity contribution in [2.45, 2.75) is 32.2 Å². The summed E-state index contributed by atoms with van der Waals surface area (Å²) >= 11 is 0. The minimum absolute atomic E-state index is 0.0208. The standard InChI is InChI=1S/C19H19N5O2/c1-11-13-6-5-12(10-17(13)24-23-11)21-18(25)14-7-8-16(22-19(14)26)15-4-2-3-9-20-15/h2-4,7-9,12H,5-6,10H2,1H3,(H,21,25)(H,22,26)(H,23,24). The fourth-order valence-electron chi connectivity index (χ4n) is 3.37. The number of nitrogens with zero attached hydrogens (tertiary/aromatic N) is 2. The molecule has 0 aliphatic heterocycles. The minimum atomic E-state index is -0.419. The van der Waals surface area contributed by atoms with Gasteiger partial charge in [0, 0.05) is 24.4 Å². The Morgan fingerprint density at radius 1 is 1.27 bits per heavy atom. The number of carbonyl (C=O) groups excluding carboxylic acids is 1. The largest absolute Gasteiger partial charge is 0.349 e. The Morgan fingerprint density at radius 2 is 2.15 bits per heavy atom. The first-order valence-electron chi connectivity index (χ1n) is 8.60. The first kappa shape index (κ1) is 16.3. The number of carbonyl (C=O) groups is 1. The van der Waals surface area contributed by atoms with Crippen LogP contribution in [0.4, 0.5) is 0 Å². The van der Waals surface area contributed by atoms with Crippen molar-refractivity contribution in [3.8, 4) is 11.4 Å². The predicted molar refractivity (Wildman–Crippen MR) is 96.9 cm³/mol. The number of H-pyrrole nitrogens is 2. The van der Waals surface area contributed by atoms with E-state index in [9.17, 15) is 9.59 Å². The first-order chi connectivity index (χ1) is 12.6. The monoisotopic (exact) mass is 349 g/mol. The Morgan fingerprint density at radius 3 is 2.92 bits per heavy atom. The van der Waals surface area contributed by atoms with Crippen molar-refractivity contribution in [3.63, 3.8) is 0 Å². The fraction of sp³-hybridized carbons (Fsp3) is 0.263. The van der Waals surface area contributed by atoms with Crippen LogP contribution in [-0.2, 0) is 12.8 Å². The zero-order valence-corrected chi connectivity index (χ0v) is 14.4. The van der Waals surface area contributed by atoms with E-state index in [1.54, 1.807) is 30.5 Å². The van der Waals surface area contributed by atoms with Gasteiger partial charge in [-0.25, -0.2) is 0 Å². The maximum Gasteiger partial charge on any atom is 0.261 e. The predicted octanol–water partition coefficient (Wildman–Crippen LogP) is 1.76. The van der Waals surface area contributed by atoms with Gasteiger partial charge in [0.05, 0.1) is 17.1 Å². The van der Waals surface area contributed by atoms with Crippen LogP contribution < -0.4 is 10.9 Å². The summed E-state index contributed by atoms with van der Waals surface area (Å²) < 4.78 is 0. The summed E-state index contributed by atoms with van der Waals surface area (Å²) in [6, 6.07) is 8.68. The van der Waals surface area contributed by atoms with Gasteiger partial charge < -0.3 is 10.3 Å². The van der Waals surface area contributed by atoms with Crippen molar-refractivity contribution >= 4 is 5.91 Å². The molecule has 0 spiro atoms. The molecule has 1 amide bonds. The van der Waals surface area contributed by atoms with E-state index in [0.717, 1.165) is 24.2 Å². The SMILES string of the molecule is Cc1[nH]nc2c1CCC(NC(=O)c1ccc(-c3ccccn3)[nH]c1=O)C2. The van der Waals surface area contributed by atoms with Crippen LogP contribution in [0.5, 0.6) is 0 Å². The highest BCUT2D eigenvalue weighted by Crippen LogP contribution is 2.22. The quantitative estimate of drug-likeness (QED) is 0.670. The smallest absolute Gasteiger partial charge is 0.261 e. The van der Waals surface area contributed by atoms with Crippen LogP contribution in [0.1, 0.15) is 33.7 Å². The summed E-state index contributed by atoms with van der Waals surface area (Å²) in [5.41, 5.74) is 4.26. The average Bonchev–Trinajstić information content (AvgIpc) is 3.02. The van der Waals surface area contributed by atoms with Crippen LogP contribution in [0.15, 0.2) is 41.3 Å². The molecule has 3 aromatic rings. The minimum Gasteiger partial charge on any atom is -0.349 e. The van der Waals surface area contributed by atoms with Crippen LogP contribution in [-0.4, -0.2) is 32.1 Å². The van der Waals surface area contributed by atoms with Gasteiger partial charge in [0.15, 0.2) is 0 Å². The average molecular weight is 349 g/mol. The summed E-state index contributed by atoms with van der Waals surface area (Å²) in [5.74, 6) is -0.362. The molecular formula is C19H19N5O2. The number of rotatable bonds is 3. The van der Waals surface area contributed by atoms with E-state index in [4.69, 9.17) is 0 Å². The van der Waals surface area contributed by atoms with E-state index in [1.807, 2.05) is 13.0 Å². The highest BCUT2D eigenvalue weighted by molar-refractivity contribution is 5.94. The lowest BCUT2D eigenvalue weighted by molar-refractivity contribution is 0.0932. The zero-order chi connectivity index (χ0) is 18.1. The van der Waals surface area contributed by atoms with Crippen molar-refractivity contribution in [3.05, 3.63) is 69.4 Å². The molecule has 132 valence electrons. The van der Waals surface area contributed by atoms with Crippen LogP contribution in [0.3, 0.4) is 0 Å². The lowest BCUT2D eigenvalue weighted by Crippen LogP contribution is -2.40. The molecule has 1 aliphatic rings. The summed E-state index contributed by atoms with van der Waals surface area (Å²) in [7, 11) is 0. The molecule has 0 radical (unpaired) electrons. The van der Waals surface area contributed by atoms with Crippen LogP contribution in [0.2, 0.25) is 0 Å². The van der Waals surface area contributed by atoms with E-state index in [2.05, 4.69) is 25.5 Å². The first-order valence-corrected chi connectivity index (χ1v) is 8.60. The van der Waals surface area contributed by atoms with Crippen LogP contribution in [0.25, 0.3) is 11.4 Å². The second-order valence-electron chi connectivity index (χ2n) is 6.52. The number of aromatic nitrogens is 4. The number of aryl methyl sites for hydroxylation is 1. The summed E-state index contributed by atoms with van der Waals surface area (Å²) in [5, 5.41) is 10.2. The fourth-order valence-corrected chi connectivity index (χ4v) is 3.37. The number of amides is 1. The van der Waals surface area contributed by atoms with Gasteiger partial charge in [-0.1, -0.05) is 6.07 Å². The van der Waals surface area contributed by atoms with Crippen LogP contribution in [0, 0.1) is 6.92 Å². The summed E-state index contributed by atoms with van der Waals surface area (Å²) in [6.45, 7) is 2.01. The molecule has 0 aromatic carbocycles. The second-order valence-corrected chi connectivity index (χ2v) is 6.52. The van der Waals surface area contributed by atoms with Crippen molar-refractivity contribution in [2.24, 2.45) is 0 Å². The van der Waals surface area contributed by atoms with E-state index in [0.29, 0.717) is 17.8 Å². The Bertz CT molecular complexity index is 1010. The lowest BCUT2D eigenvalue weighted by Gasteiger charge is -2.22. The Balaban J connectivity index is 1.50. The lowest BCUT2D eigenvalue weighted by atomic mass is 9.92. The summed E-state index contributed by atoms with van der Waals surface area (Å²) in [6.07, 6.45) is 4.04. The Labute approximate surface area is 149 Å². The third-order valence-corrected chi connectivity index (χ3v) is 4.77. The van der Waals surface area contributed by atoms with E-state index < -0.39 is 5.56 Å². The van der Waals surface area contributed by atoms with Gasteiger partial charge >= 0.3 is 0 Å². The normalized spacial score (nSPS) is 16.1. The summed E-state index contributed by atoms with van der Waals surface area (Å²) in [4.78, 5) is 31.8. The van der Waals surface area contributed by atoms with Gasteiger partial charge in [0.25, 0.3) is 11.5 Å². The zero-order valence-electron chi connectivity index (χ0n) is 14.4. The maximum atomic E-state index is 12.5. The number of hydrogen-bond donors (Lipinski definition) is 3. The Hall–Kier alpha value is -3.22. The van der Waals surface area contributed by atoms with E-state index in [-0.39, 0.29) is 17.5 Å². The third kappa shape index (κ3) is 3.03. The second kappa shape index (κ2) is 6.59. The molecule has 0 fully saturated rings. The highest BCUT2D eigenvalue weighted by atomic mass is 16.2. The van der Waals surface area contributed by atoms with Gasteiger partial charge in [0.2, 0.25) is 0 Å². The Kier molecular flexibility index (Phi) is 4.12. The number of hydrogen-bond acceptors (Lipinski definition) is 4. The van der Waals surface area contributed by atoms with Crippen LogP contribution >= 0.6 is 0 Å². The number of fused-ring (bicyclic) bond motifs is 1. The number of nitrogens with one attached hydrogen (secondary N) is 3. The third-order valence-electron chi connectivity index (χ3n) is 4.77. The maximum absolute atomic E-state index is 12.5. The number of aromatic amines is 2. The number of pyridine rings is 2. The highest BCUT2D eigenvalue weighted by Gasteiger charge is 2.24. The van der Waals surface area contributed by atoms with Crippen molar-refractivity contribution in [1.29, 1.82) is 0 Å². The molecule has 3 aromatic heterocycles.